The lowest BCUT2D eigenvalue weighted by Gasteiger charge is -2.08. The molecule has 0 atom stereocenters. The minimum atomic E-state index is -3.53. The molecule has 0 aliphatic heterocycles. The Bertz CT molecular complexity index is 789. The zero-order valence-corrected chi connectivity index (χ0v) is 14.0. The molecule has 0 fully saturated rings. The van der Waals surface area contributed by atoms with Crippen LogP contribution in [-0.4, -0.2) is 37.4 Å². The summed E-state index contributed by atoms with van der Waals surface area (Å²) in [6.45, 7) is 2.42. The molecule has 0 saturated heterocycles. The Morgan fingerprint density at radius 1 is 1.12 bits per heavy atom. The summed E-state index contributed by atoms with van der Waals surface area (Å²) in [5.41, 5.74) is 6.63. The van der Waals surface area contributed by atoms with Crippen molar-refractivity contribution in [1.29, 1.82) is 0 Å². The second-order valence-electron chi connectivity index (χ2n) is 5.15. The zero-order valence-electron chi connectivity index (χ0n) is 13.2. The first kappa shape index (κ1) is 17.8. The SMILES string of the molecule is Cc1ccc(S(=O)(=O)NCCCNC(=O)c2cnc(N)nc2)cc1. The van der Waals surface area contributed by atoms with Crippen molar-refractivity contribution in [3.63, 3.8) is 0 Å². The third-order valence-electron chi connectivity index (χ3n) is 3.20. The van der Waals surface area contributed by atoms with E-state index >= 15 is 0 Å². The van der Waals surface area contributed by atoms with Gasteiger partial charge in [0.1, 0.15) is 0 Å². The van der Waals surface area contributed by atoms with E-state index in [1.165, 1.54) is 12.4 Å². The minimum absolute atomic E-state index is 0.0945. The number of hydrogen-bond donors (Lipinski definition) is 3. The molecule has 0 saturated carbocycles. The van der Waals surface area contributed by atoms with Gasteiger partial charge in [-0.3, -0.25) is 4.79 Å². The third-order valence-corrected chi connectivity index (χ3v) is 4.67. The number of aromatic nitrogens is 2. The second-order valence-corrected chi connectivity index (χ2v) is 6.92. The molecule has 0 spiro atoms. The summed E-state index contributed by atoms with van der Waals surface area (Å²) in [6.07, 6.45) is 3.11. The molecular weight excluding hydrogens is 330 g/mol. The van der Waals surface area contributed by atoms with Crippen LogP contribution in [0.3, 0.4) is 0 Å². The van der Waals surface area contributed by atoms with E-state index in [1.807, 2.05) is 6.92 Å². The van der Waals surface area contributed by atoms with Crippen LogP contribution >= 0.6 is 0 Å². The molecule has 0 aliphatic carbocycles. The molecule has 128 valence electrons. The monoisotopic (exact) mass is 349 g/mol. The van der Waals surface area contributed by atoms with Crippen LogP contribution in [0.5, 0.6) is 0 Å². The minimum Gasteiger partial charge on any atom is -0.368 e. The molecule has 2 aromatic rings. The van der Waals surface area contributed by atoms with Gasteiger partial charge in [-0.1, -0.05) is 17.7 Å². The van der Waals surface area contributed by atoms with Gasteiger partial charge < -0.3 is 11.1 Å². The highest BCUT2D eigenvalue weighted by Crippen LogP contribution is 2.09. The highest BCUT2D eigenvalue weighted by Gasteiger charge is 2.12. The quantitative estimate of drug-likeness (QED) is 0.623. The number of sulfonamides is 1. The van der Waals surface area contributed by atoms with Crippen molar-refractivity contribution in [3.05, 3.63) is 47.8 Å². The predicted molar refractivity (Wildman–Crippen MR) is 89.8 cm³/mol. The van der Waals surface area contributed by atoms with Crippen molar-refractivity contribution in [2.75, 3.05) is 18.8 Å². The molecule has 1 heterocycles. The average molecular weight is 349 g/mol. The number of rotatable bonds is 7. The highest BCUT2D eigenvalue weighted by atomic mass is 32.2. The van der Waals surface area contributed by atoms with Gasteiger partial charge in [-0.05, 0) is 25.5 Å². The van der Waals surface area contributed by atoms with Gasteiger partial charge in [0.2, 0.25) is 16.0 Å². The Hall–Kier alpha value is -2.52. The van der Waals surface area contributed by atoms with E-state index in [2.05, 4.69) is 20.0 Å². The van der Waals surface area contributed by atoms with Gasteiger partial charge in [0.25, 0.3) is 5.91 Å². The van der Waals surface area contributed by atoms with E-state index in [0.717, 1.165) is 5.56 Å². The fourth-order valence-corrected chi connectivity index (χ4v) is 2.93. The molecule has 9 heteroatoms. The zero-order chi connectivity index (χ0) is 17.6. The van der Waals surface area contributed by atoms with Crippen LogP contribution in [0, 0.1) is 6.92 Å². The Morgan fingerprint density at radius 2 is 1.75 bits per heavy atom. The first-order valence-corrected chi connectivity index (χ1v) is 8.79. The molecular formula is C15H19N5O3S. The molecule has 0 unspecified atom stereocenters. The van der Waals surface area contributed by atoms with E-state index in [4.69, 9.17) is 5.73 Å². The van der Waals surface area contributed by atoms with E-state index < -0.39 is 10.0 Å². The van der Waals surface area contributed by atoms with Crippen LogP contribution in [0.25, 0.3) is 0 Å². The molecule has 2 rings (SSSR count). The van der Waals surface area contributed by atoms with Gasteiger partial charge in [-0.15, -0.1) is 0 Å². The summed E-state index contributed by atoms with van der Waals surface area (Å²) in [5.74, 6) is -0.242. The lowest BCUT2D eigenvalue weighted by atomic mass is 10.2. The molecule has 1 aromatic carbocycles. The number of nitrogen functional groups attached to an aromatic ring is 1. The van der Waals surface area contributed by atoms with Crippen molar-refractivity contribution in [2.24, 2.45) is 0 Å². The number of hydrogen-bond acceptors (Lipinski definition) is 6. The maximum atomic E-state index is 12.1. The lowest BCUT2D eigenvalue weighted by molar-refractivity contribution is 0.0952. The summed E-state index contributed by atoms with van der Waals surface area (Å²) in [4.78, 5) is 19.5. The summed E-state index contributed by atoms with van der Waals surface area (Å²) >= 11 is 0. The Kier molecular flexibility index (Phi) is 5.83. The fourth-order valence-electron chi connectivity index (χ4n) is 1.85. The van der Waals surface area contributed by atoms with Crippen LogP contribution < -0.4 is 15.8 Å². The predicted octanol–water partition coefficient (Wildman–Crippen LogP) is 0.466. The number of benzene rings is 1. The number of aryl methyl sites for hydroxylation is 1. The van der Waals surface area contributed by atoms with Crippen molar-refractivity contribution in [1.82, 2.24) is 20.0 Å². The van der Waals surface area contributed by atoms with Gasteiger partial charge in [-0.25, -0.2) is 23.1 Å². The molecule has 1 aromatic heterocycles. The molecule has 0 aliphatic rings. The fraction of sp³-hybridized carbons (Fsp3) is 0.267. The van der Waals surface area contributed by atoms with Crippen molar-refractivity contribution < 1.29 is 13.2 Å². The Labute approximate surface area is 140 Å². The van der Waals surface area contributed by atoms with Crippen LogP contribution in [-0.2, 0) is 10.0 Å². The van der Waals surface area contributed by atoms with E-state index in [-0.39, 0.29) is 23.3 Å². The maximum Gasteiger partial charge on any atom is 0.254 e. The van der Waals surface area contributed by atoms with Gasteiger partial charge in [-0.2, -0.15) is 0 Å². The van der Waals surface area contributed by atoms with Crippen molar-refractivity contribution in [3.8, 4) is 0 Å². The normalized spacial score (nSPS) is 11.2. The van der Waals surface area contributed by atoms with Crippen molar-refractivity contribution >= 4 is 21.9 Å². The number of anilines is 1. The second kappa shape index (κ2) is 7.84. The smallest absolute Gasteiger partial charge is 0.254 e. The van der Waals surface area contributed by atoms with E-state index in [1.54, 1.807) is 24.3 Å². The number of nitrogens with one attached hydrogen (secondary N) is 2. The first-order valence-electron chi connectivity index (χ1n) is 7.30. The van der Waals surface area contributed by atoms with Crippen LogP contribution in [0.4, 0.5) is 5.95 Å². The molecule has 1 amide bonds. The summed E-state index contributed by atoms with van der Waals surface area (Å²) in [6, 6.07) is 6.59. The Morgan fingerprint density at radius 3 is 2.38 bits per heavy atom. The first-order chi connectivity index (χ1) is 11.4. The van der Waals surface area contributed by atoms with Crippen LogP contribution in [0.1, 0.15) is 22.3 Å². The number of carbonyl (C=O) groups excluding carboxylic acids is 1. The molecule has 0 radical (unpaired) electrons. The average Bonchev–Trinajstić information content (AvgIpc) is 2.55. The number of nitrogens with two attached hydrogens (primary N) is 1. The van der Waals surface area contributed by atoms with E-state index in [9.17, 15) is 13.2 Å². The van der Waals surface area contributed by atoms with Gasteiger partial charge in [0.15, 0.2) is 0 Å². The molecule has 24 heavy (non-hydrogen) atoms. The van der Waals surface area contributed by atoms with E-state index in [0.29, 0.717) is 18.5 Å². The largest absolute Gasteiger partial charge is 0.368 e. The summed E-state index contributed by atoms with van der Waals surface area (Å²) in [5, 5.41) is 2.66. The number of nitrogens with zero attached hydrogens (tertiary/aromatic N) is 2. The van der Waals surface area contributed by atoms with Crippen LogP contribution in [0.15, 0.2) is 41.6 Å². The van der Waals surface area contributed by atoms with Crippen LogP contribution in [0.2, 0.25) is 0 Å². The number of amides is 1. The lowest BCUT2D eigenvalue weighted by Crippen LogP contribution is -2.30. The molecule has 0 bridgehead atoms. The summed E-state index contributed by atoms with van der Waals surface area (Å²) in [7, 11) is -3.53. The van der Waals surface area contributed by atoms with Crippen molar-refractivity contribution in [2.45, 2.75) is 18.2 Å². The van der Waals surface area contributed by atoms with Gasteiger partial charge >= 0.3 is 0 Å². The Balaban J connectivity index is 1.75. The maximum absolute atomic E-state index is 12.1. The summed E-state index contributed by atoms with van der Waals surface area (Å²) < 4.78 is 26.6. The highest BCUT2D eigenvalue weighted by molar-refractivity contribution is 7.89. The van der Waals surface area contributed by atoms with Gasteiger partial charge in [0, 0.05) is 25.5 Å². The van der Waals surface area contributed by atoms with Gasteiger partial charge in [0.05, 0.1) is 10.5 Å². The topological polar surface area (TPSA) is 127 Å². The molecule has 4 N–H and O–H groups in total. The molecule has 8 nitrogen and oxygen atoms in total. The standard InChI is InChI=1S/C15H19N5O3S/c1-11-3-5-13(6-4-11)24(22,23)20-8-2-7-17-14(21)12-9-18-15(16)19-10-12/h3-6,9-10,20H,2,7-8H2,1H3,(H,17,21)(H2,16,18,19). The third kappa shape index (κ3) is 5.00. The number of carbonyl (C=O) groups is 1.